The van der Waals surface area contributed by atoms with Gasteiger partial charge in [0.25, 0.3) is 0 Å². The van der Waals surface area contributed by atoms with Gasteiger partial charge in [-0.05, 0) is 25.0 Å². The highest BCUT2D eigenvalue weighted by atomic mass is 16.3. The van der Waals surface area contributed by atoms with Crippen molar-refractivity contribution in [3.63, 3.8) is 0 Å². The summed E-state index contributed by atoms with van der Waals surface area (Å²) in [5.74, 6) is 0.744. The normalized spacial score (nSPS) is 19.4. The molecule has 0 saturated carbocycles. The Morgan fingerprint density at radius 1 is 1.39 bits per heavy atom. The van der Waals surface area contributed by atoms with Gasteiger partial charge in [0.2, 0.25) is 5.95 Å². The number of anilines is 1. The average molecular weight is 245 g/mol. The number of hydrogen-bond donors (Lipinski definition) is 2. The van der Waals surface area contributed by atoms with Crippen molar-refractivity contribution in [2.75, 3.05) is 11.4 Å². The summed E-state index contributed by atoms with van der Waals surface area (Å²) in [5, 5.41) is 16.2. The molecule has 0 amide bonds. The van der Waals surface area contributed by atoms with Gasteiger partial charge in [-0.1, -0.05) is 0 Å². The Morgan fingerprint density at radius 2 is 2.22 bits per heavy atom. The molecule has 1 atom stereocenters. The number of hydrogen-bond acceptors (Lipinski definition) is 5. The van der Waals surface area contributed by atoms with Crippen molar-refractivity contribution in [2.45, 2.75) is 25.5 Å². The Morgan fingerprint density at radius 3 is 2.94 bits per heavy atom. The summed E-state index contributed by atoms with van der Waals surface area (Å²) < 4.78 is 0. The molecule has 1 fully saturated rings. The van der Waals surface area contributed by atoms with Crippen LogP contribution in [0, 0.1) is 0 Å². The van der Waals surface area contributed by atoms with Crippen molar-refractivity contribution < 1.29 is 5.11 Å². The number of nitrogens with one attached hydrogen (secondary N) is 1. The third-order valence-electron chi connectivity index (χ3n) is 3.22. The van der Waals surface area contributed by atoms with Gasteiger partial charge in [0.05, 0.1) is 24.0 Å². The van der Waals surface area contributed by atoms with E-state index in [1.165, 1.54) is 0 Å². The number of aliphatic hydroxyl groups is 1. The highest BCUT2D eigenvalue weighted by Crippen LogP contribution is 2.33. The molecule has 0 bridgehead atoms. The van der Waals surface area contributed by atoms with E-state index in [-0.39, 0.29) is 12.6 Å². The zero-order valence-electron chi connectivity index (χ0n) is 9.95. The molecular weight excluding hydrogens is 230 g/mol. The highest BCUT2D eigenvalue weighted by Gasteiger charge is 2.29. The Bertz CT molecular complexity index is 512. The third kappa shape index (κ3) is 1.95. The monoisotopic (exact) mass is 245 g/mol. The molecule has 1 aliphatic heterocycles. The van der Waals surface area contributed by atoms with Crippen LogP contribution in [0.25, 0.3) is 0 Å². The first-order chi connectivity index (χ1) is 8.88. The molecule has 94 valence electrons. The molecule has 0 aromatic carbocycles. The summed E-state index contributed by atoms with van der Waals surface area (Å²) in [5.41, 5.74) is 1.69. The molecule has 18 heavy (non-hydrogen) atoms. The van der Waals surface area contributed by atoms with Crippen LogP contribution < -0.4 is 4.90 Å². The molecule has 0 unspecified atom stereocenters. The number of nitrogens with zero attached hydrogens (tertiary/aromatic N) is 4. The Labute approximate surface area is 105 Å². The molecule has 2 N–H and O–H groups in total. The standard InChI is InChI=1S/C12H15N5O/c18-8-9-7-10(16-15-9)11-3-1-6-17(11)12-13-4-2-5-14-12/h2,4-5,7,11,18H,1,3,6,8H2,(H,15,16)/t11-/m1/s1. The fourth-order valence-electron chi connectivity index (χ4n) is 2.38. The Kier molecular flexibility index (Phi) is 2.93. The summed E-state index contributed by atoms with van der Waals surface area (Å²) in [7, 11) is 0. The van der Waals surface area contributed by atoms with Crippen LogP contribution in [0.5, 0.6) is 0 Å². The SMILES string of the molecule is OCc1cc([C@H]2CCCN2c2ncccn2)n[nH]1. The predicted molar refractivity (Wildman–Crippen MR) is 65.9 cm³/mol. The van der Waals surface area contributed by atoms with Crippen LogP contribution in [0.4, 0.5) is 5.95 Å². The second-order valence-electron chi connectivity index (χ2n) is 4.38. The van der Waals surface area contributed by atoms with E-state index in [0.717, 1.165) is 36.7 Å². The number of aromatic amines is 1. The average Bonchev–Trinajstić information content (AvgIpc) is 3.08. The van der Waals surface area contributed by atoms with E-state index in [4.69, 9.17) is 5.11 Å². The predicted octanol–water partition coefficient (Wildman–Crippen LogP) is 1.03. The lowest BCUT2D eigenvalue weighted by Gasteiger charge is -2.22. The van der Waals surface area contributed by atoms with Crippen molar-refractivity contribution >= 4 is 5.95 Å². The first kappa shape index (κ1) is 11.2. The summed E-state index contributed by atoms with van der Waals surface area (Å²) in [6, 6.07) is 3.92. The van der Waals surface area contributed by atoms with Crippen LogP contribution in [0.15, 0.2) is 24.5 Å². The molecular formula is C12H15N5O. The van der Waals surface area contributed by atoms with Crippen molar-refractivity contribution in [2.24, 2.45) is 0 Å². The molecule has 0 aliphatic carbocycles. The molecule has 6 nitrogen and oxygen atoms in total. The first-order valence-corrected chi connectivity index (χ1v) is 6.07. The van der Waals surface area contributed by atoms with E-state index in [9.17, 15) is 0 Å². The van der Waals surface area contributed by atoms with Crippen LogP contribution >= 0.6 is 0 Å². The summed E-state index contributed by atoms with van der Waals surface area (Å²) in [4.78, 5) is 10.7. The third-order valence-corrected chi connectivity index (χ3v) is 3.22. The Balaban J connectivity index is 1.87. The maximum Gasteiger partial charge on any atom is 0.225 e. The van der Waals surface area contributed by atoms with Crippen LogP contribution in [0.3, 0.4) is 0 Å². The van der Waals surface area contributed by atoms with E-state index < -0.39 is 0 Å². The van der Waals surface area contributed by atoms with Crippen LogP contribution in [0.1, 0.15) is 30.3 Å². The lowest BCUT2D eigenvalue weighted by atomic mass is 10.1. The second-order valence-corrected chi connectivity index (χ2v) is 4.38. The van der Waals surface area contributed by atoms with Gasteiger partial charge in [0, 0.05) is 18.9 Å². The van der Waals surface area contributed by atoms with Crippen molar-refractivity contribution in [1.29, 1.82) is 0 Å². The molecule has 0 radical (unpaired) electrons. The van der Waals surface area contributed by atoms with E-state index in [2.05, 4.69) is 25.1 Å². The molecule has 3 heterocycles. The van der Waals surface area contributed by atoms with Crippen LogP contribution in [-0.2, 0) is 6.61 Å². The van der Waals surface area contributed by atoms with Gasteiger partial charge in [0.1, 0.15) is 0 Å². The van der Waals surface area contributed by atoms with Gasteiger partial charge in [0.15, 0.2) is 0 Å². The lowest BCUT2D eigenvalue weighted by molar-refractivity contribution is 0.276. The van der Waals surface area contributed by atoms with E-state index in [1.807, 2.05) is 12.1 Å². The van der Waals surface area contributed by atoms with Crippen LogP contribution in [-0.4, -0.2) is 31.8 Å². The van der Waals surface area contributed by atoms with Crippen LogP contribution in [0.2, 0.25) is 0 Å². The van der Waals surface area contributed by atoms with Gasteiger partial charge in [-0.2, -0.15) is 5.10 Å². The molecule has 1 aliphatic rings. The molecule has 0 spiro atoms. The van der Waals surface area contributed by atoms with Gasteiger partial charge in [-0.15, -0.1) is 0 Å². The molecule has 6 heteroatoms. The quantitative estimate of drug-likeness (QED) is 0.844. The fourth-order valence-corrected chi connectivity index (χ4v) is 2.38. The Hall–Kier alpha value is -1.95. The maximum atomic E-state index is 9.07. The van der Waals surface area contributed by atoms with Gasteiger partial charge >= 0.3 is 0 Å². The minimum Gasteiger partial charge on any atom is -0.390 e. The smallest absolute Gasteiger partial charge is 0.225 e. The van der Waals surface area contributed by atoms with Crippen molar-refractivity contribution in [3.8, 4) is 0 Å². The zero-order chi connectivity index (χ0) is 12.4. The minimum absolute atomic E-state index is 0.0123. The fraction of sp³-hybridized carbons (Fsp3) is 0.417. The second kappa shape index (κ2) is 4.73. The molecule has 2 aromatic rings. The maximum absolute atomic E-state index is 9.07. The topological polar surface area (TPSA) is 77.9 Å². The summed E-state index contributed by atoms with van der Waals surface area (Å²) in [6.07, 6.45) is 5.64. The number of aliphatic hydroxyl groups excluding tert-OH is 1. The lowest BCUT2D eigenvalue weighted by Crippen LogP contribution is -2.24. The number of aromatic nitrogens is 4. The van der Waals surface area contributed by atoms with Crippen molar-refractivity contribution in [1.82, 2.24) is 20.2 Å². The first-order valence-electron chi connectivity index (χ1n) is 6.07. The number of H-pyrrole nitrogens is 1. The molecule has 3 rings (SSSR count). The van der Waals surface area contributed by atoms with Gasteiger partial charge < -0.3 is 10.0 Å². The van der Waals surface area contributed by atoms with Crippen molar-refractivity contribution in [3.05, 3.63) is 35.9 Å². The number of rotatable bonds is 3. The molecule has 1 saturated heterocycles. The van der Waals surface area contributed by atoms with Gasteiger partial charge in [-0.3, -0.25) is 5.10 Å². The van der Waals surface area contributed by atoms with E-state index in [0.29, 0.717) is 0 Å². The summed E-state index contributed by atoms with van der Waals surface area (Å²) >= 11 is 0. The van der Waals surface area contributed by atoms with Gasteiger partial charge in [-0.25, -0.2) is 9.97 Å². The summed E-state index contributed by atoms with van der Waals surface area (Å²) in [6.45, 7) is 0.928. The van der Waals surface area contributed by atoms with E-state index >= 15 is 0 Å². The van der Waals surface area contributed by atoms with E-state index in [1.54, 1.807) is 12.4 Å². The molecule has 2 aromatic heterocycles. The minimum atomic E-state index is -0.0123. The highest BCUT2D eigenvalue weighted by molar-refractivity contribution is 5.36. The largest absolute Gasteiger partial charge is 0.390 e. The zero-order valence-corrected chi connectivity index (χ0v) is 9.95.